The van der Waals surface area contributed by atoms with Gasteiger partial charge in [-0.3, -0.25) is 4.79 Å². The molecular weight excluding hydrogens is 336 g/mol. The zero-order valence-corrected chi connectivity index (χ0v) is 12.1. The monoisotopic (exact) mass is 342 g/mol. The topological polar surface area (TPSA) is 72.2 Å². The van der Waals surface area contributed by atoms with Gasteiger partial charge in [0.25, 0.3) is 0 Å². The van der Waals surface area contributed by atoms with Crippen molar-refractivity contribution < 1.29 is 9.90 Å². The molecule has 1 aromatic carbocycles. The molecule has 0 amide bonds. The van der Waals surface area contributed by atoms with E-state index < -0.39 is 17.1 Å². The molecule has 7 heteroatoms. The van der Waals surface area contributed by atoms with E-state index in [4.69, 9.17) is 16.7 Å². The van der Waals surface area contributed by atoms with Gasteiger partial charge in [-0.05, 0) is 25.1 Å². The maximum atomic E-state index is 11.6. The summed E-state index contributed by atoms with van der Waals surface area (Å²) in [6, 6.07) is 5.08. The average molecular weight is 344 g/mol. The first kappa shape index (κ1) is 13.8. The molecule has 0 spiro atoms. The van der Waals surface area contributed by atoms with Crippen LogP contribution in [0.2, 0.25) is 5.02 Å². The molecular formula is C12H8BrClN2O3. The quantitative estimate of drug-likeness (QED) is 0.910. The third kappa shape index (κ3) is 2.69. The Balaban J connectivity index is 2.70. The van der Waals surface area contributed by atoms with Crippen molar-refractivity contribution in [3.05, 3.63) is 55.4 Å². The number of aromatic nitrogens is 2. The molecule has 1 N–H and O–H groups in total. The zero-order chi connectivity index (χ0) is 14.2. The van der Waals surface area contributed by atoms with E-state index in [1.807, 2.05) is 0 Å². The Morgan fingerprint density at radius 1 is 1.47 bits per heavy atom. The standard InChI is InChI=1S/C12H8BrClN2O3/c1-6-5-16(15-10(11(6)17)12(18)19)9-3-2-7(13)4-8(9)14/h2-5H,1H3,(H,18,19). The average Bonchev–Trinajstić information content (AvgIpc) is 2.32. The molecule has 0 aliphatic heterocycles. The summed E-state index contributed by atoms with van der Waals surface area (Å²) in [7, 11) is 0. The van der Waals surface area contributed by atoms with Crippen molar-refractivity contribution in [1.82, 2.24) is 9.78 Å². The molecule has 0 fully saturated rings. The summed E-state index contributed by atoms with van der Waals surface area (Å²) >= 11 is 9.35. The van der Waals surface area contributed by atoms with Crippen LogP contribution in [0, 0.1) is 6.92 Å². The van der Waals surface area contributed by atoms with Crippen LogP contribution in [-0.2, 0) is 0 Å². The number of rotatable bonds is 2. The van der Waals surface area contributed by atoms with Gasteiger partial charge >= 0.3 is 5.97 Å². The van der Waals surface area contributed by atoms with Crippen molar-refractivity contribution in [2.75, 3.05) is 0 Å². The lowest BCUT2D eigenvalue weighted by molar-refractivity contribution is 0.0686. The summed E-state index contributed by atoms with van der Waals surface area (Å²) in [5.41, 5.74) is -0.349. The van der Waals surface area contributed by atoms with E-state index in [0.29, 0.717) is 10.7 Å². The maximum Gasteiger partial charge on any atom is 0.360 e. The van der Waals surface area contributed by atoms with Crippen LogP contribution >= 0.6 is 27.5 Å². The smallest absolute Gasteiger partial charge is 0.360 e. The third-order valence-corrected chi connectivity index (χ3v) is 3.25. The van der Waals surface area contributed by atoms with Crippen molar-refractivity contribution in [2.24, 2.45) is 0 Å². The SMILES string of the molecule is Cc1cn(-c2ccc(Br)cc2Cl)nc(C(=O)O)c1=O. The molecule has 0 aliphatic carbocycles. The Bertz CT molecular complexity index is 727. The molecule has 0 bridgehead atoms. The highest BCUT2D eigenvalue weighted by molar-refractivity contribution is 9.10. The Morgan fingerprint density at radius 3 is 2.74 bits per heavy atom. The van der Waals surface area contributed by atoms with Gasteiger partial charge in [0, 0.05) is 16.2 Å². The summed E-state index contributed by atoms with van der Waals surface area (Å²) in [5.74, 6) is -1.37. The number of carboxylic acids is 1. The number of hydrogen-bond donors (Lipinski definition) is 1. The van der Waals surface area contributed by atoms with E-state index in [1.165, 1.54) is 17.8 Å². The summed E-state index contributed by atoms with van der Waals surface area (Å²) in [5, 5.41) is 13.1. The molecule has 0 saturated heterocycles. The van der Waals surface area contributed by atoms with Crippen LogP contribution in [0.1, 0.15) is 16.1 Å². The van der Waals surface area contributed by atoms with E-state index in [-0.39, 0.29) is 5.56 Å². The molecule has 19 heavy (non-hydrogen) atoms. The number of nitrogens with zero attached hydrogens (tertiary/aromatic N) is 2. The zero-order valence-electron chi connectivity index (χ0n) is 9.72. The Morgan fingerprint density at radius 2 is 2.16 bits per heavy atom. The molecule has 0 unspecified atom stereocenters. The minimum atomic E-state index is -1.37. The summed E-state index contributed by atoms with van der Waals surface area (Å²) < 4.78 is 2.08. The van der Waals surface area contributed by atoms with Gasteiger partial charge in [0.15, 0.2) is 0 Å². The van der Waals surface area contributed by atoms with Gasteiger partial charge in [0.1, 0.15) is 0 Å². The van der Waals surface area contributed by atoms with Gasteiger partial charge in [-0.1, -0.05) is 27.5 Å². The Kier molecular flexibility index (Phi) is 3.73. The van der Waals surface area contributed by atoms with E-state index in [9.17, 15) is 9.59 Å². The summed E-state index contributed by atoms with van der Waals surface area (Å²) in [6.07, 6.45) is 1.45. The lowest BCUT2D eigenvalue weighted by atomic mass is 10.2. The van der Waals surface area contributed by atoms with Gasteiger partial charge in [-0.15, -0.1) is 0 Å². The number of aryl methyl sites for hydroxylation is 1. The second kappa shape index (κ2) is 5.14. The minimum absolute atomic E-state index is 0.284. The minimum Gasteiger partial charge on any atom is -0.476 e. The number of hydrogen-bond acceptors (Lipinski definition) is 3. The fraction of sp³-hybridized carbons (Fsp3) is 0.0833. The highest BCUT2D eigenvalue weighted by Crippen LogP contribution is 2.23. The first-order chi connectivity index (χ1) is 8.90. The number of carboxylic acid groups (broad SMARTS) is 1. The van der Waals surface area contributed by atoms with Crippen LogP contribution in [-0.4, -0.2) is 20.9 Å². The first-order valence-corrected chi connectivity index (χ1v) is 6.36. The lowest BCUT2D eigenvalue weighted by Crippen LogP contribution is -2.23. The summed E-state index contributed by atoms with van der Waals surface area (Å²) in [4.78, 5) is 22.6. The van der Waals surface area contributed by atoms with Crippen LogP contribution in [0.25, 0.3) is 5.69 Å². The number of carbonyl (C=O) groups is 1. The highest BCUT2D eigenvalue weighted by Gasteiger charge is 2.15. The van der Waals surface area contributed by atoms with Crippen LogP contribution in [0.15, 0.2) is 33.7 Å². The first-order valence-electron chi connectivity index (χ1n) is 5.19. The Hall–Kier alpha value is -1.66. The largest absolute Gasteiger partial charge is 0.476 e. The number of aromatic carboxylic acids is 1. The van der Waals surface area contributed by atoms with Crippen molar-refractivity contribution in [3.63, 3.8) is 0 Å². The van der Waals surface area contributed by atoms with Crippen molar-refractivity contribution in [2.45, 2.75) is 6.92 Å². The highest BCUT2D eigenvalue weighted by atomic mass is 79.9. The fourth-order valence-corrected chi connectivity index (χ4v) is 2.30. The predicted octanol–water partition coefficient (Wildman–Crippen LogP) is 2.66. The van der Waals surface area contributed by atoms with Crippen molar-refractivity contribution >= 4 is 33.5 Å². The van der Waals surface area contributed by atoms with Crippen LogP contribution in [0.5, 0.6) is 0 Å². The van der Waals surface area contributed by atoms with Gasteiger partial charge in [0.05, 0.1) is 10.7 Å². The fourth-order valence-electron chi connectivity index (χ4n) is 1.54. The van der Waals surface area contributed by atoms with Gasteiger partial charge in [-0.2, -0.15) is 5.10 Å². The lowest BCUT2D eigenvalue weighted by Gasteiger charge is -2.09. The van der Waals surface area contributed by atoms with Crippen molar-refractivity contribution in [3.8, 4) is 5.69 Å². The van der Waals surface area contributed by atoms with E-state index in [2.05, 4.69) is 21.0 Å². The molecule has 2 rings (SSSR count). The molecule has 0 radical (unpaired) electrons. The van der Waals surface area contributed by atoms with E-state index in [0.717, 1.165) is 4.47 Å². The van der Waals surface area contributed by atoms with Crippen LogP contribution < -0.4 is 5.43 Å². The summed E-state index contributed by atoms with van der Waals surface area (Å²) in [6.45, 7) is 1.53. The maximum absolute atomic E-state index is 11.6. The Labute approximate surface area is 121 Å². The molecule has 1 heterocycles. The molecule has 2 aromatic rings. The predicted molar refractivity (Wildman–Crippen MR) is 74.2 cm³/mol. The molecule has 1 aromatic heterocycles. The molecule has 0 atom stereocenters. The molecule has 0 saturated carbocycles. The second-order valence-electron chi connectivity index (χ2n) is 3.84. The van der Waals surface area contributed by atoms with Gasteiger partial charge in [0.2, 0.25) is 11.1 Å². The van der Waals surface area contributed by atoms with Crippen LogP contribution in [0.4, 0.5) is 0 Å². The molecule has 0 aliphatic rings. The van der Waals surface area contributed by atoms with E-state index in [1.54, 1.807) is 18.2 Å². The van der Waals surface area contributed by atoms with E-state index >= 15 is 0 Å². The normalized spacial score (nSPS) is 10.5. The molecule has 5 nitrogen and oxygen atoms in total. The third-order valence-electron chi connectivity index (χ3n) is 2.46. The molecule has 98 valence electrons. The second-order valence-corrected chi connectivity index (χ2v) is 5.16. The van der Waals surface area contributed by atoms with Gasteiger partial charge in [-0.25, -0.2) is 9.48 Å². The van der Waals surface area contributed by atoms with Crippen molar-refractivity contribution in [1.29, 1.82) is 0 Å². The number of benzene rings is 1. The van der Waals surface area contributed by atoms with Gasteiger partial charge < -0.3 is 5.11 Å². The van der Waals surface area contributed by atoms with Crippen LogP contribution in [0.3, 0.4) is 0 Å². The number of halogens is 2.